The van der Waals surface area contributed by atoms with Gasteiger partial charge in [0.2, 0.25) is 0 Å². The smallest absolute Gasteiger partial charge is 0.306 e. The first-order valence-electron chi connectivity index (χ1n) is 6.94. The molecule has 0 radical (unpaired) electrons. The molecule has 1 aliphatic carbocycles. The molecule has 5 nitrogen and oxygen atoms in total. The first-order chi connectivity index (χ1) is 9.49. The van der Waals surface area contributed by atoms with Crippen LogP contribution in [-0.2, 0) is 4.79 Å². The molecule has 1 fully saturated rings. The zero-order valence-corrected chi connectivity index (χ0v) is 12.6. The summed E-state index contributed by atoms with van der Waals surface area (Å²) in [5.74, 6) is -1.16. The van der Waals surface area contributed by atoms with Crippen LogP contribution in [0.15, 0.2) is 0 Å². The monoisotopic (exact) mass is 296 g/mol. The highest BCUT2D eigenvalue weighted by molar-refractivity contribution is 7.13. The molecular weight excluding hydrogens is 276 g/mol. The van der Waals surface area contributed by atoms with Crippen molar-refractivity contribution in [2.24, 2.45) is 11.8 Å². The maximum absolute atomic E-state index is 12.1. The lowest BCUT2D eigenvalue weighted by Gasteiger charge is -2.28. The van der Waals surface area contributed by atoms with Gasteiger partial charge in [0.1, 0.15) is 4.88 Å². The Hall–Kier alpha value is -1.43. The molecule has 2 rings (SSSR count). The number of hydrogen-bond donors (Lipinski definition) is 2. The Morgan fingerprint density at radius 3 is 2.65 bits per heavy atom. The quantitative estimate of drug-likeness (QED) is 0.894. The van der Waals surface area contributed by atoms with Gasteiger partial charge in [-0.25, -0.2) is 4.98 Å². The SMILES string of the molecule is Cc1nc(C)c(C(=O)NCC2CCCCC2C(=O)O)s1. The van der Waals surface area contributed by atoms with Crippen molar-refractivity contribution in [3.63, 3.8) is 0 Å². The van der Waals surface area contributed by atoms with E-state index in [1.54, 1.807) is 0 Å². The molecular formula is C14H20N2O3S. The zero-order valence-electron chi connectivity index (χ0n) is 11.8. The molecule has 1 saturated carbocycles. The number of aromatic nitrogens is 1. The lowest BCUT2D eigenvalue weighted by atomic mass is 9.79. The minimum absolute atomic E-state index is 0.0412. The molecule has 2 N–H and O–H groups in total. The van der Waals surface area contributed by atoms with Gasteiger partial charge in [0.05, 0.1) is 16.6 Å². The van der Waals surface area contributed by atoms with Crippen molar-refractivity contribution in [3.05, 3.63) is 15.6 Å². The van der Waals surface area contributed by atoms with E-state index in [2.05, 4.69) is 10.3 Å². The van der Waals surface area contributed by atoms with Crippen LogP contribution in [0.5, 0.6) is 0 Å². The molecule has 2 atom stereocenters. The van der Waals surface area contributed by atoms with Crippen molar-refractivity contribution in [2.75, 3.05) is 6.54 Å². The summed E-state index contributed by atoms with van der Waals surface area (Å²) in [5, 5.41) is 13.0. The maximum Gasteiger partial charge on any atom is 0.306 e. The summed E-state index contributed by atoms with van der Waals surface area (Å²) >= 11 is 1.38. The number of carbonyl (C=O) groups excluding carboxylic acids is 1. The number of carbonyl (C=O) groups is 2. The molecule has 0 saturated heterocycles. The van der Waals surface area contributed by atoms with E-state index in [4.69, 9.17) is 0 Å². The highest BCUT2D eigenvalue weighted by atomic mass is 32.1. The fourth-order valence-corrected chi connectivity index (χ4v) is 3.66. The predicted molar refractivity (Wildman–Crippen MR) is 77.0 cm³/mol. The van der Waals surface area contributed by atoms with E-state index in [9.17, 15) is 14.7 Å². The normalized spacial score (nSPS) is 22.5. The lowest BCUT2D eigenvalue weighted by Crippen LogP contribution is -2.37. The Morgan fingerprint density at radius 2 is 2.05 bits per heavy atom. The molecule has 20 heavy (non-hydrogen) atoms. The van der Waals surface area contributed by atoms with Crippen LogP contribution < -0.4 is 5.32 Å². The summed E-state index contributed by atoms with van der Waals surface area (Å²) in [6.45, 7) is 4.13. The third kappa shape index (κ3) is 3.36. The standard InChI is InChI=1S/C14H20N2O3S/c1-8-12(20-9(2)16-8)13(17)15-7-10-5-3-4-6-11(10)14(18)19/h10-11H,3-7H2,1-2H3,(H,15,17)(H,18,19). The van der Waals surface area contributed by atoms with Crippen LogP contribution in [0.4, 0.5) is 0 Å². The summed E-state index contributed by atoms with van der Waals surface area (Å²) < 4.78 is 0. The lowest BCUT2D eigenvalue weighted by molar-refractivity contribution is -0.144. The molecule has 110 valence electrons. The van der Waals surface area contributed by atoms with E-state index in [0.717, 1.165) is 30.0 Å². The molecule has 0 spiro atoms. The molecule has 2 unspecified atom stereocenters. The summed E-state index contributed by atoms with van der Waals surface area (Å²) in [5.41, 5.74) is 0.739. The molecule has 1 aromatic heterocycles. The third-order valence-corrected chi connectivity index (χ3v) is 4.93. The van der Waals surface area contributed by atoms with Crippen molar-refractivity contribution in [3.8, 4) is 0 Å². The Morgan fingerprint density at radius 1 is 1.35 bits per heavy atom. The van der Waals surface area contributed by atoms with Gasteiger partial charge in [0, 0.05) is 6.54 Å². The van der Waals surface area contributed by atoms with E-state index < -0.39 is 5.97 Å². The number of thiazole rings is 1. The number of rotatable bonds is 4. The van der Waals surface area contributed by atoms with Gasteiger partial charge in [-0.2, -0.15) is 0 Å². The molecule has 1 heterocycles. The van der Waals surface area contributed by atoms with E-state index in [0.29, 0.717) is 17.8 Å². The van der Waals surface area contributed by atoms with Crippen molar-refractivity contribution < 1.29 is 14.7 Å². The van der Waals surface area contributed by atoms with Crippen LogP contribution in [0.2, 0.25) is 0 Å². The second kappa shape index (κ2) is 6.35. The molecule has 0 aromatic carbocycles. The summed E-state index contributed by atoms with van der Waals surface area (Å²) in [6, 6.07) is 0. The average molecular weight is 296 g/mol. The topological polar surface area (TPSA) is 79.3 Å². The van der Waals surface area contributed by atoms with Gasteiger partial charge in [-0.1, -0.05) is 12.8 Å². The highest BCUT2D eigenvalue weighted by Crippen LogP contribution is 2.30. The van der Waals surface area contributed by atoms with Crippen LogP contribution >= 0.6 is 11.3 Å². The number of nitrogens with one attached hydrogen (secondary N) is 1. The van der Waals surface area contributed by atoms with E-state index in [-0.39, 0.29) is 17.7 Å². The van der Waals surface area contributed by atoms with Gasteiger partial charge in [0.15, 0.2) is 0 Å². The molecule has 6 heteroatoms. The van der Waals surface area contributed by atoms with Gasteiger partial charge >= 0.3 is 5.97 Å². The number of hydrogen-bond acceptors (Lipinski definition) is 4. The molecule has 1 aromatic rings. The predicted octanol–water partition coefficient (Wildman–Crippen LogP) is 2.38. The van der Waals surface area contributed by atoms with Crippen LogP contribution in [0.1, 0.15) is 46.1 Å². The fourth-order valence-electron chi connectivity index (χ4n) is 2.82. The van der Waals surface area contributed by atoms with Crippen molar-refractivity contribution in [2.45, 2.75) is 39.5 Å². The fraction of sp³-hybridized carbons (Fsp3) is 0.643. The Kier molecular flexibility index (Phi) is 4.75. The van der Waals surface area contributed by atoms with Gasteiger partial charge in [0.25, 0.3) is 5.91 Å². The Bertz CT molecular complexity index is 513. The van der Waals surface area contributed by atoms with Crippen LogP contribution in [0, 0.1) is 25.7 Å². The summed E-state index contributed by atoms with van der Waals surface area (Å²) in [4.78, 5) is 28.2. The number of aryl methyl sites for hydroxylation is 2. The number of nitrogens with zero attached hydrogens (tertiary/aromatic N) is 1. The van der Waals surface area contributed by atoms with Gasteiger partial charge in [-0.3, -0.25) is 9.59 Å². The van der Waals surface area contributed by atoms with Crippen molar-refractivity contribution >= 4 is 23.2 Å². The van der Waals surface area contributed by atoms with Crippen molar-refractivity contribution in [1.29, 1.82) is 0 Å². The molecule has 1 aliphatic rings. The minimum Gasteiger partial charge on any atom is -0.481 e. The average Bonchev–Trinajstić information content (AvgIpc) is 2.75. The largest absolute Gasteiger partial charge is 0.481 e. The van der Waals surface area contributed by atoms with Crippen molar-refractivity contribution in [1.82, 2.24) is 10.3 Å². The number of carboxylic acid groups (broad SMARTS) is 1. The minimum atomic E-state index is -0.742. The van der Waals surface area contributed by atoms with Crippen LogP contribution in [0.25, 0.3) is 0 Å². The third-order valence-electron chi connectivity index (χ3n) is 3.86. The zero-order chi connectivity index (χ0) is 14.7. The number of aliphatic carboxylic acids is 1. The Labute approximate surface area is 122 Å². The van der Waals surface area contributed by atoms with Gasteiger partial charge in [-0.05, 0) is 32.6 Å². The molecule has 0 bridgehead atoms. The van der Waals surface area contributed by atoms with Gasteiger partial charge < -0.3 is 10.4 Å². The summed E-state index contributed by atoms with van der Waals surface area (Å²) in [7, 11) is 0. The van der Waals surface area contributed by atoms with E-state index in [1.807, 2.05) is 13.8 Å². The second-order valence-corrected chi connectivity index (χ2v) is 6.55. The van der Waals surface area contributed by atoms with Crippen LogP contribution in [-0.4, -0.2) is 28.5 Å². The number of carboxylic acids is 1. The highest BCUT2D eigenvalue weighted by Gasteiger charge is 2.31. The first kappa shape index (κ1) is 15.0. The number of amides is 1. The Balaban J connectivity index is 1.95. The molecule has 1 amide bonds. The maximum atomic E-state index is 12.1. The second-order valence-electron chi connectivity index (χ2n) is 5.35. The summed E-state index contributed by atoms with van der Waals surface area (Å²) in [6.07, 6.45) is 3.60. The van der Waals surface area contributed by atoms with Crippen LogP contribution in [0.3, 0.4) is 0 Å². The first-order valence-corrected chi connectivity index (χ1v) is 7.75. The molecule has 0 aliphatic heterocycles. The van der Waals surface area contributed by atoms with E-state index in [1.165, 1.54) is 11.3 Å². The van der Waals surface area contributed by atoms with E-state index >= 15 is 0 Å². The van der Waals surface area contributed by atoms with Gasteiger partial charge in [-0.15, -0.1) is 11.3 Å².